The van der Waals surface area contributed by atoms with Gasteiger partial charge in [0.15, 0.2) is 0 Å². The Morgan fingerprint density at radius 3 is 2.24 bits per heavy atom. The Labute approximate surface area is 98.9 Å². The first-order valence-electron chi connectivity index (χ1n) is 5.07. The van der Waals surface area contributed by atoms with Crippen LogP contribution < -0.4 is 4.74 Å². The molecular weight excluding hydrogens is 214 g/mol. The molecule has 0 aromatic heterocycles. The highest BCUT2D eigenvalue weighted by Gasteiger charge is 2.07. The van der Waals surface area contributed by atoms with E-state index in [2.05, 4.69) is 0 Å². The van der Waals surface area contributed by atoms with Crippen LogP contribution in [0.1, 0.15) is 15.9 Å². The van der Waals surface area contributed by atoms with E-state index in [1.165, 1.54) is 0 Å². The van der Waals surface area contributed by atoms with Crippen LogP contribution in [0.25, 0.3) is 0 Å². The molecule has 0 amide bonds. The lowest BCUT2D eigenvalue weighted by molar-refractivity contribution is 0.0735. The molecule has 3 heteroatoms. The molecule has 2 aromatic carbocycles. The highest BCUT2D eigenvalue weighted by atomic mass is 16.5. The number of nitrogens with zero attached hydrogens (tertiary/aromatic N) is 1. The van der Waals surface area contributed by atoms with Gasteiger partial charge in [-0.25, -0.2) is 4.79 Å². The van der Waals surface area contributed by atoms with Crippen molar-refractivity contribution in [3.8, 4) is 11.8 Å². The van der Waals surface area contributed by atoms with Crippen molar-refractivity contribution in [2.75, 3.05) is 0 Å². The summed E-state index contributed by atoms with van der Waals surface area (Å²) < 4.78 is 5.15. The molecular formula is C14H9NO2. The normalized spacial score (nSPS) is 9.35. The van der Waals surface area contributed by atoms with Crippen molar-refractivity contribution >= 4 is 5.97 Å². The fraction of sp³-hybridized carbons (Fsp3) is 0. The molecule has 0 saturated carbocycles. The summed E-state index contributed by atoms with van der Waals surface area (Å²) in [6, 6.07) is 17.2. The first kappa shape index (κ1) is 10.9. The molecule has 2 rings (SSSR count). The third-order valence-electron chi connectivity index (χ3n) is 2.20. The summed E-state index contributed by atoms with van der Waals surface area (Å²) >= 11 is 0. The number of rotatable bonds is 2. The highest BCUT2D eigenvalue weighted by Crippen LogP contribution is 2.12. The van der Waals surface area contributed by atoms with Gasteiger partial charge in [0.1, 0.15) is 5.75 Å². The Balaban J connectivity index is 2.13. The summed E-state index contributed by atoms with van der Waals surface area (Å²) in [7, 11) is 0. The zero-order chi connectivity index (χ0) is 12.1. The van der Waals surface area contributed by atoms with E-state index < -0.39 is 5.97 Å². The van der Waals surface area contributed by atoms with E-state index >= 15 is 0 Å². The van der Waals surface area contributed by atoms with Gasteiger partial charge >= 0.3 is 5.97 Å². The van der Waals surface area contributed by atoms with Gasteiger partial charge in [0.25, 0.3) is 0 Å². The molecule has 0 heterocycles. The molecule has 17 heavy (non-hydrogen) atoms. The summed E-state index contributed by atoms with van der Waals surface area (Å²) in [6.07, 6.45) is 0. The maximum atomic E-state index is 11.7. The van der Waals surface area contributed by atoms with Gasteiger partial charge in [-0.15, -0.1) is 0 Å². The van der Waals surface area contributed by atoms with E-state index in [1.54, 1.807) is 48.5 Å². The van der Waals surface area contributed by atoms with Crippen LogP contribution in [0.2, 0.25) is 0 Å². The van der Waals surface area contributed by atoms with Crippen LogP contribution in [0.15, 0.2) is 54.6 Å². The van der Waals surface area contributed by atoms with Crippen LogP contribution >= 0.6 is 0 Å². The molecule has 82 valence electrons. The molecule has 0 saturated heterocycles. The maximum Gasteiger partial charge on any atom is 0.343 e. The van der Waals surface area contributed by atoms with Crippen molar-refractivity contribution in [1.29, 1.82) is 5.26 Å². The minimum Gasteiger partial charge on any atom is -0.423 e. The fourth-order valence-electron chi connectivity index (χ4n) is 1.34. The van der Waals surface area contributed by atoms with E-state index in [1.807, 2.05) is 12.1 Å². The number of hydrogen-bond donors (Lipinski definition) is 0. The van der Waals surface area contributed by atoms with Crippen LogP contribution in [0.3, 0.4) is 0 Å². The van der Waals surface area contributed by atoms with Crippen molar-refractivity contribution in [1.82, 2.24) is 0 Å². The van der Waals surface area contributed by atoms with Gasteiger partial charge in [-0.2, -0.15) is 5.26 Å². The predicted octanol–water partition coefficient (Wildman–Crippen LogP) is 2.78. The number of para-hydroxylation sites is 1. The van der Waals surface area contributed by atoms with Crippen molar-refractivity contribution < 1.29 is 9.53 Å². The Morgan fingerprint density at radius 1 is 1.00 bits per heavy atom. The number of esters is 1. The largest absolute Gasteiger partial charge is 0.423 e. The van der Waals surface area contributed by atoms with Crippen molar-refractivity contribution in [3.05, 3.63) is 65.7 Å². The SMILES string of the molecule is N#Cc1ccc(C(=O)Oc2ccccc2)cc1. The molecule has 0 aliphatic carbocycles. The van der Waals surface area contributed by atoms with Gasteiger partial charge in [-0.3, -0.25) is 0 Å². The predicted molar refractivity (Wildman–Crippen MR) is 62.6 cm³/mol. The number of carbonyl (C=O) groups is 1. The van der Waals surface area contributed by atoms with E-state index in [0.717, 1.165) is 0 Å². The molecule has 0 radical (unpaired) electrons. The van der Waals surface area contributed by atoms with E-state index in [4.69, 9.17) is 10.00 Å². The third kappa shape index (κ3) is 2.70. The van der Waals surface area contributed by atoms with Gasteiger partial charge < -0.3 is 4.74 Å². The molecule has 0 N–H and O–H groups in total. The number of nitriles is 1. The summed E-state index contributed by atoms with van der Waals surface area (Å²) in [5, 5.41) is 8.64. The number of hydrogen-bond acceptors (Lipinski definition) is 3. The quantitative estimate of drug-likeness (QED) is 0.581. The minimum absolute atomic E-state index is 0.424. The Hall–Kier alpha value is -2.60. The first-order chi connectivity index (χ1) is 8.29. The second-order valence-corrected chi connectivity index (χ2v) is 3.39. The molecule has 3 nitrogen and oxygen atoms in total. The van der Waals surface area contributed by atoms with Crippen LogP contribution in [-0.2, 0) is 0 Å². The Morgan fingerprint density at radius 2 is 1.65 bits per heavy atom. The van der Waals surface area contributed by atoms with Crippen molar-refractivity contribution in [3.63, 3.8) is 0 Å². The number of benzene rings is 2. The van der Waals surface area contributed by atoms with Crippen LogP contribution in [0.5, 0.6) is 5.75 Å². The fourth-order valence-corrected chi connectivity index (χ4v) is 1.34. The average Bonchev–Trinajstić information content (AvgIpc) is 2.40. The molecule has 0 fully saturated rings. The van der Waals surface area contributed by atoms with E-state index in [0.29, 0.717) is 16.9 Å². The van der Waals surface area contributed by atoms with Crippen molar-refractivity contribution in [2.45, 2.75) is 0 Å². The van der Waals surface area contributed by atoms with Gasteiger partial charge in [0, 0.05) is 0 Å². The summed E-state index contributed by atoms with van der Waals surface area (Å²) in [5.74, 6) is 0.0718. The van der Waals surface area contributed by atoms with Gasteiger partial charge in [0.2, 0.25) is 0 Å². The first-order valence-corrected chi connectivity index (χ1v) is 5.07. The number of carbonyl (C=O) groups excluding carboxylic acids is 1. The molecule has 0 atom stereocenters. The smallest absolute Gasteiger partial charge is 0.343 e. The lowest BCUT2D eigenvalue weighted by atomic mass is 10.1. The molecule has 0 aliphatic heterocycles. The molecule has 2 aromatic rings. The lowest BCUT2D eigenvalue weighted by Crippen LogP contribution is -2.08. The Bertz CT molecular complexity index is 553. The van der Waals surface area contributed by atoms with Crippen molar-refractivity contribution in [2.24, 2.45) is 0 Å². The highest BCUT2D eigenvalue weighted by molar-refractivity contribution is 5.91. The van der Waals surface area contributed by atoms with Crippen LogP contribution in [-0.4, -0.2) is 5.97 Å². The van der Waals surface area contributed by atoms with Gasteiger partial charge in [-0.1, -0.05) is 18.2 Å². The molecule has 0 unspecified atom stereocenters. The average molecular weight is 223 g/mol. The maximum absolute atomic E-state index is 11.7. The topological polar surface area (TPSA) is 50.1 Å². The minimum atomic E-state index is -0.430. The second-order valence-electron chi connectivity index (χ2n) is 3.39. The van der Waals surface area contributed by atoms with Gasteiger partial charge in [-0.05, 0) is 36.4 Å². The summed E-state index contributed by atoms with van der Waals surface area (Å²) in [4.78, 5) is 11.7. The zero-order valence-electron chi connectivity index (χ0n) is 8.96. The number of ether oxygens (including phenoxy) is 1. The van der Waals surface area contributed by atoms with Crippen LogP contribution in [0, 0.1) is 11.3 Å². The standard InChI is InChI=1S/C14H9NO2/c15-10-11-6-8-12(9-7-11)14(16)17-13-4-2-1-3-5-13/h1-9H. The van der Waals surface area contributed by atoms with E-state index in [-0.39, 0.29) is 0 Å². The van der Waals surface area contributed by atoms with Gasteiger partial charge in [0.05, 0.1) is 17.2 Å². The lowest BCUT2D eigenvalue weighted by Gasteiger charge is -2.03. The second kappa shape index (κ2) is 4.95. The summed E-state index contributed by atoms with van der Waals surface area (Å²) in [5.41, 5.74) is 0.939. The summed E-state index contributed by atoms with van der Waals surface area (Å²) in [6.45, 7) is 0. The molecule has 0 bridgehead atoms. The van der Waals surface area contributed by atoms with E-state index in [9.17, 15) is 4.79 Å². The molecule has 0 aliphatic rings. The zero-order valence-corrected chi connectivity index (χ0v) is 8.96. The monoisotopic (exact) mass is 223 g/mol. The van der Waals surface area contributed by atoms with Crippen LogP contribution in [0.4, 0.5) is 0 Å². The third-order valence-corrected chi connectivity index (χ3v) is 2.20. The molecule has 0 spiro atoms. The Kier molecular flexibility index (Phi) is 3.18.